The van der Waals surface area contributed by atoms with Crippen LogP contribution in [0, 0.1) is 5.92 Å². The lowest BCUT2D eigenvalue weighted by molar-refractivity contribution is 0.102. The maximum Gasteiger partial charge on any atom is 0.0956 e. The van der Waals surface area contributed by atoms with Crippen molar-refractivity contribution in [2.75, 3.05) is 0 Å². The quantitative estimate of drug-likeness (QED) is 0.659. The minimum absolute atomic E-state index is 0.413. The summed E-state index contributed by atoms with van der Waals surface area (Å²) < 4.78 is 8.36. The van der Waals surface area contributed by atoms with E-state index in [1.807, 2.05) is 30.6 Å². The van der Waals surface area contributed by atoms with Gasteiger partial charge in [-0.2, -0.15) is 0 Å². The highest BCUT2D eigenvalue weighted by Gasteiger charge is 2.30. The van der Waals surface area contributed by atoms with Crippen LogP contribution in [-0.4, -0.2) is 21.6 Å². The van der Waals surface area contributed by atoms with Crippen LogP contribution >= 0.6 is 0 Å². The first-order valence-corrected chi connectivity index (χ1v) is 9.94. The van der Waals surface area contributed by atoms with E-state index in [1.54, 1.807) is 0 Å². The molecule has 5 heteroatoms. The molecule has 1 aliphatic rings. The lowest BCUT2D eigenvalue weighted by Crippen LogP contribution is -2.30. The summed E-state index contributed by atoms with van der Waals surface area (Å²) in [4.78, 5) is 4.75. The fourth-order valence-corrected chi connectivity index (χ4v) is 3.85. The first kappa shape index (κ1) is 18.9. The number of hydrazine groups is 1. The van der Waals surface area contributed by atoms with Gasteiger partial charge in [-0.3, -0.25) is 10.9 Å². The molecule has 1 fully saturated rings. The van der Waals surface area contributed by atoms with E-state index in [0.717, 1.165) is 23.5 Å². The predicted octanol–water partition coefficient (Wildman–Crippen LogP) is 3.77. The Kier molecular flexibility index (Phi) is 5.86. The molecule has 1 saturated heterocycles. The summed E-state index contributed by atoms with van der Waals surface area (Å²) in [5.41, 5.74) is 11.1. The summed E-state index contributed by atoms with van der Waals surface area (Å²) >= 11 is 0. The molecule has 2 unspecified atom stereocenters. The zero-order chi connectivity index (χ0) is 19.3. The monoisotopic (exact) mass is 376 g/mol. The lowest BCUT2D eigenvalue weighted by Gasteiger charge is -2.20. The van der Waals surface area contributed by atoms with Gasteiger partial charge in [0, 0.05) is 30.1 Å². The van der Waals surface area contributed by atoms with Crippen LogP contribution in [0.1, 0.15) is 25.1 Å². The van der Waals surface area contributed by atoms with Crippen molar-refractivity contribution in [3.8, 4) is 11.3 Å². The SMILES string of the molecule is CC1NNC(C)C1Cn1cnc(-c2ccccc2)c1COCc1ccccc1. The number of nitrogens with one attached hydrogen (secondary N) is 2. The summed E-state index contributed by atoms with van der Waals surface area (Å²) in [6, 6.07) is 21.5. The number of hydrogen-bond acceptors (Lipinski definition) is 4. The Labute approximate surface area is 166 Å². The summed E-state index contributed by atoms with van der Waals surface area (Å²) in [5.74, 6) is 0.491. The van der Waals surface area contributed by atoms with Crippen LogP contribution in [0.3, 0.4) is 0 Å². The van der Waals surface area contributed by atoms with Crippen molar-refractivity contribution in [3.05, 3.63) is 78.2 Å². The van der Waals surface area contributed by atoms with Crippen molar-refractivity contribution in [2.24, 2.45) is 5.92 Å². The van der Waals surface area contributed by atoms with Crippen molar-refractivity contribution >= 4 is 0 Å². The van der Waals surface area contributed by atoms with E-state index in [1.165, 1.54) is 5.56 Å². The van der Waals surface area contributed by atoms with Crippen LogP contribution < -0.4 is 10.9 Å². The number of ether oxygens (including phenoxy) is 1. The highest BCUT2D eigenvalue weighted by atomic mass is 16.5. The molecule has 3 aromatic rings. The zero-order valence-corrected chi connectivity index (χ0v) is 16.5. The van der Waals surface area contributed by atoms with E-state index in [9.17, 15) is 0 Å². The van der Waals surface area contributed by atoms with Gasteiger partial charge in [-0.15, -0.1) is 0 Å². The van der Waals surface area contributed by atoms with Gasteiger partial charge in [0.1, 0.15) is 0 Å². The zero-order valence-electron chi connectivity index (χ0n) is 16.5. The summed E-state index contributed by atoms with van der Waals surface area (Å²) in [5, 5.41) is 0. The summed E-state index contributed by atoms with van der Waals surface area (Å²) in [7, 11) is 0. The molecule has 1 aliphatic heterocycles. The Morgan fingerprint density at radius 3 is 2.21 bits per heavy atom. The van der Waals surface area contributed by atoms with Gasteiger partial charge in [0.05, 0.1) is 30.9 Å². The third-order valence-corrected chi connectivity index (χ3v) is 5.57. The highest BCUT2D eigenvalue weighted by molar-refractivity contribution is 5.61. The Balaban J connectivity index is 1.56. The first-order chi connectivity index (χ1) is 13.7. The van der Waals surface area contributed by atoms with E-state index in [-0.39, 0.29) is 0 Å². The highest BCUT2D eigenvalue weighted by Crippen LogP contribution is 2.26. The topological polar surface area (TPSA) is 51.1 Å². The molecule has 0 radical (unpaired) electrons. The van der Waals surface area contributed by atoms with Crippen LogP contribution in [0.25, 0.3) is 11.3 Å². The maximum absolute atomic E-state index is 6.09. The number of hydrogen-bond donors (Lipinski definition) is 2. The van der Waals surface area contributed by atoms with Crippen molar-refractivity contribution in [1.29, 1.82) is 0 Å². The largest absolute Gasteiger partial charge is 0.370 e. The molecule has 2 heterocycles. The van der Waals surface area contributed by atoms with E-state index < -0.39 is 0 Å². The Hall–Kier alpha value is -2.47. The molecule has 0 aliphatic carbocycles. The molecule has 5 nitrogen and oxygen atoms in total. The molecule has 0 bridgehead atoms. The van der Waals surface area contributed by atoms with Crippen LogP contribution in [0.2, 0.25) is 0 Å². The van der Waals surface area contributed by atoms with Crippen LogP contribution in [-0.2, 0) is 24.5 Å². The second-order valence-electron chi connectivity index (χ2n) is 7.57. The van der Waals surface area contributed by atoms with Gasteiger partial charge in [-0.25, -0.2) is 4.98 Å². The standard InChI is InChI=1S/C23H28N4O/c1-17-21(18(2)26-25-17)13-27-16-24-23(20-11-7-4-8-12-20)22(27)15-28-14-19-9-5-3-6-10-19/h3-12,16-18,21,25-26H,13-15H2,1-2H3. The summed E-state index contributed by atoms with van der Waals surface area (Å²) in [6.07, 6.45) is 1.96. The van der Waals surface area contributed by atoms with Gasteiger partial charge in [0.15, 0.2) is 0 Å². The molecule has 0 amide bonds. The second kappa shape index (κ2) is 8.69. The predicted molar refractivity (Wildman–Crippen MR) is 111 cm³/mol. The minimum atomic E-state index is 0.413. The maximum atomic E-state index is 6.09. The average molecular weight is 377 g/mol. The van der Waals surface area contributed by atoms with E-state index in [2.05, 4.69) is 65.7 Å². The molecule has 28 heavy (non-hydrogen) atoms. The third kappa shape index (κ3) is 4.17. The molecule has 4 rings (SSSR count). The van der Waals surface area contributed by atoms with Crippen LogP contribution in [0.4, 0.5) is 0 Å². The molecular weight excluding hydrogens is 348 g/mol. The molecule has 1 aromatic heterocycles. The fraction of sp³-hybridized carbons (Fsp3) is 0.348. The van der Waals surface area contributed by atoms with Gasteiger partial charge in [-0.1, -0.05) is 60.7 Å². The van der Waals surface area contributed by atoms with Crippen molar-refractivity contribution in [1.82, 2.24) is 20.4 Å². The molecule has 2 atom stereocenters. The fourth-order valence-electron chi connectivity index (χ4n) is 3.85. The number of rotatable bonds is 7. The smallest absolute Gasteiger partial charge is 0.0956 e. The third-order valence-electron chi connectivity index (χ3n) is 5.57. The van der Waals surface area contributed by atoms with Crippen molar-refractivity contribution < 1.29 is 4.74 Å². The van der Waals surface area contributed by atoms with Crippen LogP contribution in [0.5, 0.6) is 0 Å². The minimum Gasteiger partial charge on any atom is -0.370 e. The Morgan fingerprint density at radius 1 is 0.893 bits per heavy atom. The summed E-state index contributed by atoms with van der Waals surface area (Å²) in [6.45, 7) is 6.49. The molecule has 0 saturated carbocycles. The van der Waals surface area contributed by atoms with Crippen LogP contribution in [0.15, 0.2) is 67.0 Å². The van der Waals surface area contributed by atoms with Crippen molar-refractivity contribution in [2.45, 2.75) is 45.7 Å². The molecular formula is C23H28N4O. The Morgan fingerprint density at radius 2 is 1.54 bits per heavy atom. The number of aromatic nitrogens is 2. The van der Waals surface area contributed by atoms with Gasteiger partial charge in [-0.05, 0) is 19.4 Å². The van der Waals surface area contributed by atoms with Crippen molar-refractivity contribution in [3.63, 3.8) is 0 Å². The molecule has 2 aromatic carbocycles. The second-order valence-corrected chi connectivity index (χ2v) is 7.57. The van der Waals surface area contributed by atoms with Gasteiger partial charge < -0.3 is 9.30 Å². The number of benzene rings is 2. The Bertz CT molecular complexity index is 868. The lowest BCUT2D eigenvalue weighted by atomic mass is 9.96. The molecule has 0 spiro atoms. The van der Waals surface area contributed by atoms with Gasteiger partial charge >= 0.3 is 0 Å². The van der Waals surface area contributed by atoms with E-state index in [0.29, 0.717) is 31.2 Å². The average Bonchev–Trinajstić information content (AvgIpc) is 3.28. The van der Waals surface area contributed by atoms with E-state index in [4.69, 9.17) is 9.72 Å². The normalized spacial score (nSPS) is 21.9. The molecule has 2 N–H and O–H groups in total. The van der Waals surface area contributed by atoms with Gasteiger partial charge in [0.2, 0.25) is 0 Å². The van der Waals surface area contributed by atoms with Gasteiger partial charge in [0.25, 0.3) is 0 Å². The first-order valence-electron chi connectivity index (χ1n) is 9.94. The molecule has 146 valence electrons. The van der Waals surface area contributed by atoms with E-state index >= 15 is 0 Å². The number of nitrogens with zero attached hydrogens (tertiary/aromatic N) is 2. The number of imidazole rings is 1.